The summed E-state index contributed by atoms with van der Waals surface area (Å²) >= 11 is 3.57. The highest BCUT2D eigenvalue weighted by Crippen LogP contribution is 2.41. The lowest BCUT2D eigenvalue weighted by Crippen LogP contribution is -2.52. The van der Waals surface area contributed by atoms with Crippen LogP contribution in [0.4, 0.5) is 5.69 Å². The summed E-state index contributed by atoms with van der Waals surface area (Å²) in [5, 5.41) is 14.9. The number of ether oxygens (including phenoxy) is 1. The van der Waals surface area contributed by atoms with E-state index in [1.807, 2.05) is 39.0 Å². The fourth-order valence-electron chi connectivity index (χ4n) is 5.53. The number of hydrogen-bond donors (Lipinski definition) is 2. The molecule has 2 amide bonds. The molecule has 224 valence electrons. The molecule has 0 radical (unpaired) electrons. The third-order valence-electron chi connectivity index (χ3n) is 7.89. The van der Waals surface area contributed by atoms with Gasteiger partial charge in [-0.3, -0.25) is 24.6 Å². The number of nitrogens with one attached hydrogen (secondary N) is 2. The normalized spacial score (nSPS) is 14.3. The molecule has 1 aromatic heterocycles. The van der Waals surface area contributed by atoms with Gasteiger partial charge in [0.2, 0.25) is 5.91 Å². The Morgan fingerprint density at radius 3 is 2.65 bits per heavy atom. The maximum Gasteiger partial charge on any atom is 0.273 e. The van der Waals surface area contributed by atoms with Crippen LogP contribution < -0.4 is 10.1 Å². The molecule has 1 aliphatic rings. The zero-order valence-electron chi connectivity index (χ0n) is 24.6. The zero-order chi connectivity index (χ0) is 30.9. The maximum absolute atomic E-state index is 13.9. The summed E-state index contributed by atoms with van der Waals surface area (Å²) in [6.07, 6.45) is 1.40. The number of aryl methyl sites for hydroxylation is 1. The minimum Gasteiger partial charge on any atom is -0.494 e. The molecule has 1 aliphatic heterocycles. The van der Waals surface area contributed by atoms with E-state index in [1.165, 1.54) is 11.0 Å². The van der Waals surface area contributed by atoms with Crippen molar-refractivity contribution in [1.82, 2.24) is 20.2 Å². The summed E-state index contributed by atoms with van der Waals surface area (Å²) in [6.45, 7) is 9.54. The number of para-hydroxylation sites is 1. The van der Waals surface area contributed by atoms with Crippen molar-refractivity contribution in [2.45, 2.75) is 46.0 Å². The lowest BCUT2D eigenvalue weighted by molar-refractivity contribution is -0.385. The number of fused-ring (bicyclic) bond motifs is 3. The summed E-state index contributed by atoms with van der Waals surface area (Å²) in [4.78, 5) is 47.9. The second-order valence-electron chi connectivity index (χ2n) is 11.1. The summed E-state index contributed by atoms with van der Waals surface area (Å²) in [5.41, 5.74) is 3.24. The summed E-state index contributed by atoms with van der Waals surface area (Å²) in [6, 6.07) is 14.7. The van der Waals surface area contributed by atoms with E-state index < -0.39 is 10.3 Å². The van der Waals surface area contributed by atoms with Gasteiger partial charge in [0.15, 0.2) is 0 Å². The molecular weight excluding hydrogens is 614 g/mol. The summed E-state index contributed by atoms with van der Waals surface area (Å²) < 4.78 is 6.33. The molecule has 10 nitrogen and oxygen atoms in total. The number of benzene rings is 3. The van der Waals surface area contributed by atoms with Crippen LogP contribution in [0, 0.1) is 17.0 Å². The number of imide groups is 1. The first-order valence-electron chi connectivity index (χ1n) is 14.3. The highest BCUT2D eigenvalue weighted by molar-refractivity contribution is 9.10. The lowest BCUT2D eigenvalue weighted by atomic mass is 9.76. The molecule has 0 unspecified atom stereocenters. The number of imidazole rings is 1. The van der Waals surface area contributed by atoms with Gasteiger partial charge in [0, 0.05) is 28.2 Å². The van der Waals surface area contributed by atoms with Crippen molar-refractivity contribution in [2.24, 2.45) is 0 Å². The van der Waals surface area contributed by atoms with Crippen LogP contribution in [0.3, 0.4) is 0 Å². The van der Waals surface area contributed by atoms with Crippen LogP contribution in [0.1, 0.15) is 54.2 Å². The van der Waals surface area contributed by atoms with Gasteiger partial charge in [-0.15, -0.1) is 0 Å². The molecule has 2 heterocycles. The Morgan fingerprint density at radius 2 is 1.91 bits per heavy atom. The zero-order valence-corrected chi connectivity index (χ0v) is 26.2. The van der Waals surface area contributed by atoms with Gasteiger partial charge in [-0.2, -0.15) is 0 Å². The second-order valence-corrected chi connectivity index (χ2v) is 12.0. The van der Waals surface area contributed by atoms with Crippen LogP contribution in [0.25, 0.3) is 22.4 Å². The molecule has 43 heavy (non-hydrogen) atoms. The number of halogens is 1. The summed E-state index contributed by atoms with van der Waals surface area (Å²) in [7, 11) is 0. The van der Waals surface area contributed by atoms with E-state index in [-0.39, 0.29) is 24.0 Å². The van der Waals surface area contributed by atoms with Crippen LogP contribution in [0.15, 0.2) is 53.0 Å². The third kappa shape index (κ3) is 5.79. The lowest BCUT2D eigenvalue weighted by Gasteiger charge is -2.37. The largest absolute Gasteiger partial charge is 0.494 e. The second kappa shape index (κ2) is 12.3. The fraction of sp³-hybridized carbons (Fsp3) is 0.344. The highest BCUT2D eigenvalue weighted by Gasteiger charge is 2.45. The maximum atomic E-state index is 13.9. The average molecular weight is 649 g/mol. The van der Waals surface area contributed by atoms with Gasteiger partial charge < -0.3 is 15.0 Å². The van der Waals surface area contributed by atoms with Gasteiger partial charge in [0.05, 0.1) is 28.0 Å². The predicted molar refractivity (Wildman–Crippen MR) is 168 cm³/mol. The van der Waals surface area contributed by atoms with Crippen molar-refractivity contribution in [3.05, 3.63) is 85.4 Å². The number of nitrogens with zero attached hydrogens (tertiary/aromatic N) is 3. The molecule has 3 aromatic carbocycles. The first-order valence-corrected chi connectivity index (χ1v) is 15.1. The SMILES string of the molecule is CCOc1ccccc1CCNCCCN1C(=O)c2c(cc(Br)c3nc(-c4ccc(C)c([N+](=O)[O-])c4)[nH]c23)C(C)(C)C1=O. The monoisotopic (exact) mass is 647 g/mol. The molecule has 0 saturated carbocycles. The Balaban J connectivity index is 1.36. The van der Waals surface area contributed by atoms with Gasteiger partial charge in [0.25, 0.3) is 11.6 Å². The van der Waals surface area contributed by atoms with E-state index in [9.17, 15) is 19.7 Å². The molecular formula is C32H34BrN5O5. The van der Waals surface area contributed by atoms with E-state index in [2.05, 4.69) is 37.3 Å². The number of aromatic nitrogens is 2. The molecule has 4 aromatic rings. The Hall–Kier alpha value is -4.09. The Morgan fingerprint density at radius 1 is 1.14 bits per heavy atom. The molecule has 0 spiro atoms. The van der Waals surface area contributed by atoms with Crippen LogP contribution in [0.2, 0.25) is 0 Å². The number of nitro groups is 1. The van der Waals surface area contributed by atoms with Gasteiger partial charge in [-0.05, 0) is 92.8 Å². The number of carbonyl (C=O) groups is 2. The van der Waals surface area contributed by atoms with E-state index >= 15 is 0 Å². The van der Waals surface area contributed by atoms with Crippen LogP contribution in [-0.4, -0.2) is 57.8 Å². The van der Waals surface area contributed by atoms with Crippen LogP contribution in [-0.2, 0) is 16.6 Å². The van der Waals surface area contributed by atoms with E-state index in [0.29, 0.717) is 63.2 Å². The number of H-pyrrole nitrogens is 1. The van der Waals surface area contributed by atoms with Crippen LogP contribution >= 0.6 is 15.9 Å². The standard InChI is InChI=1S/C32H34BrN5O5/c1-5-43-25-10-7-6-9-20(25)13-15-34-14-8-16-37-30(39)26-22(32(3,4)31(37)40)18-23(33)27-28(26)36-29(35-27)21-12-11-19(2)24(17-21)38(41)42/h6-7,9-12,17-18,34H,5,8,13-16H2,1-4H3,(H,35,36). The quantitative estimate of drug-likeness (QED) is 0.0872. The molecule has 0 fully saturated rings. The highest BCUT2D eigenvalue weighted by atomic mass is 79.9. The van der Waals surface area contributed by atoms with Gasteiger partial charge in [0.1, 0.15) is 17.1 Å². The first kappa shape index (κ1) is 30.4. The molecule has 0 saturated heterocycles. The predicted octanol–water partition coefficient (Wildman–Crippen LogP) is 6.09. The Labute approximate surface area is 258 Å². The molecule has 2 N–H and O–H groups in total. The number of aromatic amines is 1. The smallest absolute Gasteiger partial charge is 0.273 e. The minimum atomic E-state index is -0.954. The van der Waals surface area contributed by atoms with Gasteiger partial charge in [-0.1, -0.05) is 30.3 Å². The number of hydrogen-bond acceptors (Lipinski definition) is 7. The van der Waals surface area contributed by atoms with Crippen molar-refractivity contribution in [2.75, 3.05) is 26.2 Å². The minimum absolute atomic E-state index is 0.0138. The van der Waals surface area contributed by atoms with Crippen molar-refractivity contribution in [3.8, 4) is 17.1 Å². The van der Waals surface area contributed by atoms with Gasteiger partial charge >= 0.3 is 0 Å². The topological polar surface area (TPSA) is 130 Å². The number of nitro benzene ring substituents is 1. The van der Waals surface area contributed by atoms with Crippen LogP contribution in [0.5, 0.6) is 5.75 Å². The van der Waals surface area contributed by atoms with Crippen molar-refractivity contribution in [1.29, 1.82) is 0 Å². The number of rotatable bonds is 11. The fourth-order valence-corrected chi connectivity index (χ4v) is 6.05. The van der Waals surface area contributed by atoms with Crippen molar-refractivity contribution < 1.29 is 19.2 Å². The Bertz CT molecular complexity index is 1730. The van der Waals surface area contributed by atoms with Crippen molar-refractivity contribution >= 4 is 44.5 Å². The number of carbonyl (C=O) groups excluding carboxylic acids is 2. The average Bonchev–Trinajstić information content (AvgIpc) is 3.42. The molecule has 0 atom stereocenters. The summed E-state index contributed by atoms with van der Waals surface area (Å²) in [5.74, 6) is 0.650. The molecule has 5 rings (SSSR count). The molecule has 0 bridgehead atoms. The van der Waals surface area contributed by atoms with Crippen molar-refractivity contribution in [3.63, 3.8) is 0 Å². The van der Waals surface area contributed by atoms with E-state index in [1.54, 1.807) is 25.1 Å². The van der Waals surface area contributed by atoms with E-state index in [4.69, 9.17) is 4.74 Å². The van der Waals surface area contributed by atoms with E-state index in [0.717, 1.165) is 24.3 Å². The molecule has 11 heteroatoms. The number of amides is 2. The Kier molecular flexibility index (Phi) is 8.66. The molecule has 0 aliphatic carbocycles. The van der Waals surface area contributed by atoms with Gasteiger partial charge in [-0.25, -0.2) is 4.98 Å². The third-order valence-corrected chi connectivity index (χ3v) is 8.50. The first-order chi connectivity index (χ1) is 20.5.